The number of quaternary nitrogens is 1. The first-order chi connectivity index (χ1) is 19.4. The molecule has 0 fully saturated rings. The van der Waals surface area contributed by atoms with E-state index in [9.17, 15) is 22.8 Å². The maximum absolute atomic E-state index is 13.4. The van der Waals surface area contributed by atoms with Crippen molar-refractivity contribution in [3.8, 4) is 0 Å². The summed E-state index contributed by atoms with van der Waals surface area (Å²) in [6.45, 7) is 3.29. The summed E-state index contributed by atoms with van der Waals surface area (Å²) in [6, 6.07) is 12.1. The van der Waals surface area contributed by atoms with E-state index in [0.29, 0.717) is 41.5 Å². The van der Waals surface area contributed by atoms with Gasteiger partial charge in [0.05, 0.1) is 49.8 Å². The molecule has 41 heavy (non-hydrogen) atoms. The van der Waals surface area contributed by atoms with Crippen molar-refractivity contribution in [2.24, 2.45) is 17.2 Å². The van der Waals surface area contributed by atoms with Gasteiger partial charge in [-0.25, -0.2) is 0 Å². The number of pyridine rings is 1. The Morgan fingerprint density at radius 3 is 2.27 bits per heavy atom. The number of benzene rings is 2. The van der Waals surface area contributed by atoms with Gasteiger partial charge in [-0.3, -0.25) is 14.6 Å². The van der Waals surface area contributed by atoms with Crippen molar-refractivity contribution in [3.63, 3.8) is 0 Å². The third kappa shape index (κ3) is 9.60. The molecule has 1 heterocycles. The fourth-order valence-corrected chi connectivity index (χ4v) is 4.91. The Balaban J connectivity index is 1.72. The van der Waals surface area contributed by atoms with E-state index in [1.54, 1.807) is 6.20 Å². The van der Waals surface area contributed by atoms with E-state index in [2.05, 4.69) is 17.3 Å². The van der Waals surface area contributed by atoms with Gasteiger partial charge in [-0.1, -0.05) is 30.3 Å². The first kappa shape index (κ1) is 32.1. The van der Waals surface area contributed by atoms with Gasteiger partial charge in [0, 0.05) is 31.1 Å². The van der Waals surface area contributed by atoms with Crippen molar-refractivity contribution in [2.75, 3.05) is 39.8 Å². The highest BCUT2D eigenvalue weighted by Gasteiger charge is 2.30. The molecule has 2 aromatic carbocycles. The number of hydrogen-bond donors (Lipinski definition) is 4. The predicted octanol–water partition coefficient (Wildman–Crippen LogP) is 2.56. The van der Waals surface area contributed by atoms with Crippen LogP contribution in [0.2, 0.25) is 0 Å². The van der Waals surface area contributed by atoms with Crippen LogP contribution in [0.4, 0.5) is 13.2 Å². The van der Waals surface area contributed by atoms with Crippen LogP contribution in [0.1, 0.15) is 29.5 Å². The molecule has 1 aromatic heterocycles. The molecule has 0 aliphatic rings. The Labute approximate surface area is 238 Å². The number of nitrogens with one attached hydrogen (secondary N) is 1. The molecule has 8 nitrogen and oxygen atoms in total. The van der Waals surface area contributed by atoms with Gasteiger partial charge in [-0.05, 0) is 54.7 Å². The summed E-state index contributed by atoms with van der Waals surface area (Å²) in [4.78, 5) is 30.9. The molecule has 222 valence electrons. The molecule has 3 rings (SSSR count). The number of rotatable bonds is 15. The van der Waals surface area contributed by atoms with Crippen LogP contribution in [0.25, 0.3) is 10.9 Å². The summed E-state index contributed by atoms with van der Waals surface area (Å²) in [5.41, 5.74) is 18.9. The molecule has 11 heteroatoms. The number of nitrogens with zero attached hydrogens (tertiary/aromatic N) is 2. The fourth-order valence-electron chi connectivity index (χ4n) is 4.91. The smallest absolute Gasteiger partial charge is 0.345 e. The number of hydrogen-bond acceptors (Lipinski definition) is 6. The molecule has 2 atom stereocenters. The van der Waals surface area contributed by atoms with Gasteiger partial charge in [0.1, 0.15) is 0 Å². The van der Waals surface area contributed by atoms with Crippen molar-refractivity contribution in [1.29, 1.82) is 0 Å². The average Bonchev–Trinajstić information content (AvgIpc) is 2.92. The number of carbonyl (C=O) groups excluding carboxylic acids is 2. The minimum Gasteiger partial charge on any atom is -0.345 e. The zero-order chi connectivity index (χ0) is 30.0. The molecule has 3 aromatic rings. The molecule has 0 aliphatic carbocycles. The van der Waals surface area contributed by atoms with Crippen LogP contribution in [0.5, 0.6) is 0 Å². The monoisotopic (exact) mass is 573 g/mol. The first-order valence-corrected chi connectivity index (χ1v) is 13.8. The predicted molar refractivity (Wildman–Crippen MR) is 154 cm³/mol. The quantitative estimate of drug-likeness (QED) is 0.206. The van der Waals surface area contributed by atoms with E-state index in [1.165, 1.54) is 12.1 Å². The van der Waals surface area contributed by atoms with Gasteiger partial charge in [0.15, 0.2) is 5.78 Å². The number of fused-ring (bicyclic) bond motifs is 1. The summed E-state index contributed by atoms with van der Waals surface area (Å²) in [7, 11) is 2.06. The number of alkyl halides is 3. The van der Waals surface area contributed by atoms with Gasteiger partial charge in [-0.2, -0.15) is 13.2 Å². The lowest BCUT2D eigenvalue weighted by atomic mass is 9.96. The molecule has 1 amide bonds. The maximum atomic E-state index is 13.4. The SMILES string of the molecule is C[N+](CCN)(CCN)CCC[C@H](N)C(=O)N[C@@H](Cc1ccc(C(F)(F)F)cc1)C(=O)Cc1cnc2ccccc2c1. The Hall–Kier alpha value is -3.38. The fraction of sp³-hybridized carbons (Fsp3) is 0.433. The summed E-state index contributed by atoms with van der Waals surface area (Å²) >= 11 is 0. The van der Waals surface area contributed by atoms with Gasteiger partial charge < -0.3 is 27.0 Å². The summed E-state index contributed by atoms with van der Waals surface area (Å²) in [5.74, 6) is -0.781. The number of para-hydroxylation sites is 1. The molecule has 0 bridgehead atoms. The van der Waals surface area contributed by atoms with Crippen molar-refractivity contribution < 1.29 is 27.2 Å². The van der Waals surface area contributed by atoms with Crippen LogP contribution < -0.4 is 22.5 Å². The van der Waals surface area contributed by atoms with Crippen molar-refractivity contribution in [1.82, 2.24) is 10.3 Å². The number of likely N-dealkylation sites (N-methyl/N-ethyl adjacent to an activating group) is 1. The van der Waals surface area contributed by atoms with Crippen LogP contribution in [-0.2, 0) is 28.6 Å². The van der Waals surface area contributed by atoms with Gasteiger partial charge in [0.2, 0.25) is 5.91 Å². The second-order valence-corrected chi connectivity index (χ2v) is 10.8. The van der Waals surface area contributed by atoms with Crippen molar-refractivity contribution in [3.05, 3.63) is 77.5 Å². The zero-order valence-electron chi connectivity index (χ0n) is 23.4. The van der Waals surface area contributed by atoms with Crippen LogP contribution in [0.3, 0.4) is 0 Å². The lowest BCUT2D eigenvalue weighted by molar-refractivity contribution is -0.907. The number of carbonyl (C=O) groups is 2. The van der Waals surface area contributed by atoms with E-state index in [0.717, 1.165) is 42.7 Å². The number of halogens is 3. The van der Waals surface area contributed by atoms with Crippen LogP contribution in [0, 0.1) is 0 Å². The van der Waals surface area contributed by atoms with Crippen LogP contribution >= 0.6 is 0 Å². The molecule has 0 saturated carbocycles. The van der Waals surface area contributed by atoms with E-state index >= 15 is 0 Å². The number of amides is 1. The molecular formula is C30H40F3N6O2+. The third-order valence-corrected chi connectivity index (χ3v) is 7.34. The van der Waals surface area contributed by atoms with Gasteiger partial charge >= 0.3 is 6.18 Å². The van der Waals surface area contributed by atoms with E-state index in [-0.39, 0.29) is 18.6 Å². The minimum absolute atomic E-state index is 0.00728. The number of Topliss-reactive ketones (excluding diaryl/α,β-unsaturated/α-hetero) is 1. The van der Waals surface area contributed by atoms with E-state index in [1.807, 2.05) is 30.3 Å². The second kappa shape index (κ2) is 14.5. The van der Waals surface area contributed by atoms with E-state index in [4.69, 9.17) is 17.2 Å². The Morgan fingerprint density at radius 1 is 0.976 bits per heavy atom. The third-order valence-electron chi connectivity index (χ3n) is 7.34. The number of nitrogens with two attached hydrogens (primary N) is 3. The number of aromatic nitrogens is 1. The maximum Gasteiger partial charge on any atom is 0.416 e. The van der Waals surface area contributed by atoms with E-state index < -0.39 is 29.7 Å². The normalized spacial score (nSPS) is 13.6. The van der Waals surface area contributed by atoms with Gasteiger partial charge in [0.25, 0.3) is 0 Å². The topological polar surface area (TPSA) is 137 Å². The Kier molecular flexibility index (Phi) is 11.4. The Morgan fingerprint density at radius 2 is 1.63 bits per heavy atom. The average molecular weight is 574 g/mol. The summed E-state index contributed by atoms with van der Waals surface area (Å²) in [5, 5.41) is 3.64. The zero-order valence-corrected chi connectivity index (χ0v) is 23.4. The largest absolute Gasteiger partial charge is 0.416 e. The van der Waals surface area contributed by atoms with Crippen LogP contribution in [0.15, 0.2) is 60.8 Å². The number of ketones is 1. The summed E-state index contributed by atoms with van der Waals surface area (Å²) < 4.78 is 39.8. The second-order valence-electron chi connectivity index (χ2n) is 10.8. The summed E-state index contributed by atoms with van der Waals surface area (Å²) in [6.07, 6.45) is -1.79. The standard InChI is InChI=1S/C30H39F3N6O2/c1-39(15-12-34,16-13-35)14-4-6-25(36)29(41)38-27(18-21-8-10-24(11-9-21)30(31,32)33)28(40)19-22-17-23-5-2-3-7-26(23)37-20-22/h2-3,5,7-11,17,20,25,27H,4,6,12-16,18-19,34-36H2,1H3/p+1/t25-,27-/m0/s1. The molecule has 0 radical (unpaired) electrons. The highest BCUT2D eigenvalue weighted by atomic mass is 19.4. The highest BCUT2D eigenvalue weighted by Crippen LogP contribution is 2.29. The highest BCUT2D eigenvalue weighted by molar-refractivity contribution is 5.92. The molecule has 0 spiro atoms. The lowest BCUT2D eigenvalue weighted by Gasteiger charge is -2.34. The molecular weight excluding hydrogens is 533 g/mol. The van der Waals surface area contributed by atoms with Crippen molar-refractivity contribution in [2.45, 2.75) is 43.9 Å². The van der Waals surface area contributed by atoms with Gasteiger partial charge in [-0.15, -0.1) is 0 Å². The minimum atomic E-state index is -4.47. The molecule has 0 unspecified atom stereocenters. The van der Waals surface area contributed by atoms with Crippen molar-refractivity contribution >= 4 is 22.6 Å². The first-order valence-electron chi connectivity index (χ1n) is 13.8. The molecule has 0 aliphatic heterocycles. The molecule has 0 saturated heterocycles. The Bertz CT molecular complexity index is 1290. The lowest BCUT2D eigenvalue weighted by Crippen LogP contribution is -2.52. The van der Waals surface area contributed by atoms with Crippen LogP contribution in [-0.4, -0.2) is 73.0 Å². The molecule has 7 N–H and O–H groups in total.